The zero-order chi connectivity index (χ0) is 17.2. The molecule has 1 N–H and O–H groups in total. The molecule has 2 aromatic carbocycles. The highest BCUT2D eigenvalue weighted by Crippen LogP contribution is 2.43. The average molecular weight is 331 g/mol. The molecule has 2 heteroatoms. The summed E-state index contributed by atoms with van der Waals surface area (Å²) < 4.78 is 5.36. The van der Waals surface area contributed by atoms with Crippen molar-refractivity contribution in [1.29, 1.82) is 0 Å². The Balaban J connectivity index is 1.83. The molecule has 1 aliphatic rings. The van der Waals surface area contributed by atoms with Crippen LogP contribution in [0.3, 0.4) is 0 Å². The Morgan fingerprint density at radius 1 is 1.08 bits per heavy atom. The van der Waals surface area contributed by atoms with Crippen molar-refractivity contribution < 1.29 is 4.42 Å². The van der Waals surface area contributed by atoms with Crippen molar-refractivity contribution in [3.8, 4) is 11.1 Å². The topological polar surface area (TPSA) is 25.2 Å². The van der Waals surface area contributed by atoms with Crippen molar-refractivity contribution in [1.82, 2.24) is 0 Å². The van der Waals surface area contributed by atoms with Crippen molar-refractivity contribution in [3.05, 3.63) is 77.7 Å². The van der Waals surface area contributed by atoms with Gasteiger partial charge in [0.2, 0.25) is 0 Å². The van der Waals surface area contributed by atoms with Crippen molar-refractivity contribution in [3.63, 3.8) is 0 Å². The van der Waals surface area contributed by atoms with E-state index in [1.165, 1.54) is 34.4 Å². The van der Waals surface area contributed by atoms with Gasteiger partial charge in [-0.25, -0.2) is 0 Å². The summed E-state index contributed by atoms with van der Waals surface area (Å²) in [6.07, 6.45) is 5.77. The smallest absolute Gasteiger partial charge is 0.0981 e. The number of furan rings is 1. The maximum atomic E-state index is 5.36. The quantitative estimate of drug-likeness (QED) is 0.625. The first-order chi connectivity index (χ1) is 12.2. The molecule has 1 aromatic heterocycles. The van der Waals surface area contributed by atoms with Crippen LogP contribution in [0.1, 0.15) is 42.9 Å². The fourth-order valence-electron chi connectivity index (χ4n) is 4.00. The molecule has 2 nitrogen and oxygen atoms in total. The van der Waals surface area contributed by atoms with Crippen LogP contribution in [0.25, 0.3) is 11.1 Å². The van der Waals surface area contributed by atoms with Crippen LogP contribution < -0.4 is 5.32 Å². The first kappa shape index (κ1) is 16.0. The van der Waals surface area contributed by atoms with Gasteiger partial charge in [0.05, 0.1) is 12.5 Å². The van der Waals surface area contributed by atoms with Crippen LogP contribution in [-0.4, -0.2) is 6.54 Å². The van der Waals surface area contributed by atoms with Crippen LogP contribution >= 0.6 is 0 Å². The van der Waals surface area contributed by atoms with Crippen LogP contribution in [0, 0.1) is 5.92 Å². The van der Waals surface area contributed by atoms with Gasteiger partial charge in [-0.05, 0) is 53.5 Å². The number of fused-ring (bicyclic) bond motifs is 1. The fraction of sp³-hybridized carbons (Fsp3) is 0.304. The number of rotatable bonds is 4. The standard InChI is InChI=1S/C23H25NO/c1-16(2)20-8-10-24-23-21(19-9-11-25-15-19)13-18(14-22(20)23)12-17-6-4-3-5-7-17/h3-7,9,11,13-16,20,24H,8,10,12H2,1-2H3. The minimum atomic E-state index is 0.609. The molecule has 4 rings (SSSR count). The van der Waals surface area contributed by atoms with Crippen LogP contribution in [0.2, 0.25) is 0 Å². The number of hydrogen-bond donors (Lipinski definition) is 1. The Kier molecular flexibility index (Phi) is 4.35. The van der Waals surface area contributed by atoms with Gasteiger partial charge in [-0.1, -0.05) is 50.2 Å². The molecule has 0 aliphatic carbocycles. The average Bonchev–Trinajstić information content (AvgIpc) is 3.16. The van der Waals surface area contributed by atoms with Gasteiger partial charge in [0.15, 0.2) is 0 Å². The monoisotopic (exact) mass is 331 g/mol. The van der Waals surface area contributed by atoms with Crippen molar-refractivity contribution in [2.75, 3.05) is 11.9 Å². The maximum absolute atomic E-state index is 5.36. The predicted octanol–water partition coefficient (Wildman–Crippen LogP) is 6.09. The van der Waals surface area contributed by atoms with E-state index >= 15 is 0 Å². The van der Waals surface area contributed by atoms with E-state index in [0.717, 1.165) is 18.5 Å². The zero-order valence-electron chi connectivity index (χ0n) is 15.0. The second-order valence-corrected chi connectivity index (χ2v) is 7.35. The van der Waals surface area contributed by atoms with E-state index in [1.807, 2.05) is 6.26 Å². The highest BCUT2D eigenvalue weighted by molar-refractivity contribution is 5.81. The van der Waals surface area contributed by atoms with Gasteiger partial charge >= 0.3 is 0 Å². The van der Waals surface area contributed by atoms with Crippen LogP contribution in [0.4, 0.5) is 5.69 Å². The lowest BCUT2D eigenvalue weighted by molar-refractivity contribution is 0.469. The van der Waals surface area contributed by atoms with Gasteiger partial charge in [0.1, 0.15) is 0 Å². The molecule has 1 aliphatic heterocycles. The van der Waals surface area contributed by atoms with Crippen molar-refractivity contribution in [2.24, 2.45) is 5.92 Å². The molecule has 0 saturated heterocycles. The number of nitrogens with one attached hydrogen (secondary N) is 1. The normalized spacial score (nSPS) is 16.5. The summed E-state index contributed by atoms with van der Waals surface area (Å²) in [7, 11) is 0. The third-order valence-electron chi connectivity index (χ3n) is 5.27. The van der Waals surface area contributed by atoms with Gasteiger partial charge in [0, 0.05) is 23.4 Å². The zero-order valence-corrected chi connectivity index (χ0v) is 15.0. The molecular formula is C23H25NO. The lowest BCUT2D eigenvalue weighted by atomic mass is 9.79. The Labute approximate surface area is 149 Å². The summed E-state index contributed by atoms with van der Waals surface area (Å²) in [4.78, 5) is 0. The van der Waals surface area contributed by atoms with E-state index < -0.39 is 0 Å². The summed E-state index contributed by atoms with van der Waals surface area (Å²) >= 11 is 0. The van der Waals surface area contributed by atoms with Crippen LogP contribution in [0.5, 0.6) is 0 Å². The molecule has 3 aromatic rings. The van der Waals surface area contributed by atoms with Gasteiger partial charge in [-0.3, -0.25) is 0 Å². The molecule has 0 radical (unpaired) electrons. The van der Waals surface area contributed by atoms with Gasteiger partial charge in [-0.15, -0.1) is 0 Å². The Bertz CT molecular complexity index is 834. The third kappa shape index (κ3) is 3.21. The highest BCUT2D eigenvalue weighted by Gasteiger charge is 2.26. The minimum Gasteiger partial charge on any atom is -0.472 e. The van der Waals surface area contributed by atoms with Gasteiger partial charge in [-0.2, -0.15) is 0 Å². The summed E-state index contributed by atoms with van der Waals surface area (Å²) in [6, 6.07) is 17.5. The van der Waals surface area contributed by atoms with Crippen molar-refractivity contribution >= 4 is 5.69 Å². The first-order valence-electron chi connectivity index (χ1n) is 9.19. The molecular weight excluding hydrogens is 306 g/mol. The Hall–Kier alpha value is -2.48. The van der Waals surface area contributed by atoms with Crippen LogP contribution in [-0.2, 0) is 6.42 Å². The maximum Gasteiger partial charge on any atom is 0.0981 e. The first-order valence-corrected chi connectivity index (χ1v) is 9.19. The van der Waals surface area contributed by atoms with E-state index in [4.69, 9.17) is 4.42 Å². The summed E-state index contributed by atoms with van der Waals surface area (Å²) in [5.74, 6) is 1.25. The Morgan fingerprint density at radius 2 is 1.92 bits per heavy atom. The molecule has 2 heterocycles. The van der Waals surface area contributed by atoms with Crippen LogP contribution in [0.15, 0.2) is 65.5 Å². The van der Waals surface area contributed by atoms with Gasteiger partial charge in [0.25, 0.3) is 0 Å². The van der Waals surface area contributed by atoms with Crippen molar-refractivity contribution in [2.45, 2.75) is 32.6 Å². The number of hydrogen-bond acceptors (Lipinski definition) is 2. The molecule has 0 amide bonds. The lowest BCUT2D eigenvalue weighted by Gasteiger charge is -2.32. The van der Waals surface area contributed by atoms with E-state index in [0.29, 0.717) is 11.8 Å². The molecule has 0 bridgehead atoms. The van der Waals surface area contributed by atoms with E-state index in [-0.39, 0.29) is 0 Å². The molecule has 1 unspecified atom stereocenters. The Morgan fingerprint density at radius 3 is 2.64 bits per heavy atom. The minimum absolute atomic E-state index is 0.609. The number of benzene rings is 2. The largest absolute Gasteiger partial charge is 0.472 e. The van der Waals surface area contributed by atoms with Gasteiger partial charge < -0.3 is 9.73 Å². The van der Waals surface area contributed by atoms with E-state index in [1.54, 1.807) is 6.26 Å². The second-order valence-electron chi connectivity index (χ2n) is 7.35. The molecule has 0 saturated carbocycles. The molecule has 0 spiro atoms. The molecule has 128 valence electrons. The van der Waals surface area contributed by atoms with E-state index in [9.17, 15) is 0 Å². The van der Waals surface area contributed by atoms with E-state index in [2.05, 4.69) is 67.7 Å². The molecule has 1 atom stereocenters. The second kappa shape index (κ2) is 6.79. The predicted molar refractivity (Wildman–Crippen MR) is 104 cm³/mol. The summed E-state index contributed by atoms with van der Waals surface area (Å²) in [5, 5.41) is 3.65. The fourth-order valence-corrected chi connectivity index (χ4v) is 4.00. The number of anilines is 1. The highest BCUT2D eigenvalue weighted by atomic mass is 16.3. The lowest BCUT2D eigenvalue weighted by Crippen LogP contribution is -2.21. The summed E-state index contributed by atoms with van der Waals surface area (Å²) in [5.41, 5.74) is 7.90. The molecule has 0 fully saturated rings. The SMILES string of the molecule is CC(C)C1CCNc2c(-c3ccoc3)cc(Cc3ccccc3)cc21. The third-order valence-corrected chi connectivity index (χ3v) is 5.27. The molecule has 25 heavy (non-hydrogen) atoms. The summed E-state index contributed by atoms with van der Waals surface area (Å²) in [6.45, 7) is 5.71.